The van der Waals surface area contributed by atoms with Crippen LogP contribution in [0.25, 0.3) is 0 Å². The minimum atomic E-state index is -0.838. The lowest BCUT2D eigenvalue weighted by atomic mass is 9.83. The molecule has 1 aromatic rings. The van der Waals surface area contributed by atoms with Gasteiger partial charge in [0.15, 0.2) is 0 Å². The predicted octanol–water partition coefficient (Wildman–Crippen LogP) is 3.88. The molecule has 4 nitrogen and oxygen atoms in total. The van der Waals surface area contributed by atoms with Gasteiger partial charge in [0.2, 0.25) is 5.91 Å². The van der Waals surface area contributed by atoms with E-state index < -0.39 is 11.0 Å². The molecular formula is C20H27NO3. The van der Waals surface area contributed by atoms with E-state index in [1.807, 2.05) is 58.0 Å². The average Bonchev–Trinajstić information content (AvgIpc) is 2.84. The van der Waals surface area contributed by atoms with Crippen LogP contribution in [0.15, 0.2) is 43.0 Å². The zero-order valence-corrected chi connectivity index (χ0v) is 15.0. The third-order valence-corrected chi connectivity index (χ3v) is 4.40. The van der Waals surface area contributed by atoms with Crippen molar-refractivity contribution in [3.05, 3.63) is 48.6 Å². The normalized spacial score (nSPS) is 22.3. The lowest BCUT2D eigenvalue weighted by Crippen LogP contribution is -2.40. The molecule has 0 aromatic heterocycles. The molecule has 1 amide bonds. The van der Waals surface area contributed by atoms with Crippen LogP contribution in [0.4, 0.5) is 0 Å². The number of carbonyl (C=O) groups excluding carboxylic acids is 2. The minimum absolute atomic E-state index is 0.0148. The molecule has 0 saturated carbocycles. The number of benzene rings is 1. The van der Waals surface area contributed by atoms with Crippen LogP contribution >= 0.6 is 0 Å². The molecule has 4 heteroatoms. The Morgan fingerprint density at radius 2 is 2.00 bits per heavy atom. The van der Waals surface area contributed by atoms with Crippen LogP contribution < -0.4 is 0 Å². The molecule has 1 aliphatic heterocycles. The highest BCUT2D eigenvalue weighted by Crippen LogP contribution is 2.41. The van der Waals surface area contributed by atoms with Gasteiger partial charge in [0.25, 0.3) is 0 Å². The van der Waals surface area contributed by atoms with Gasteiger partial charge in [-0.25, -0.2) is 0 Å². The molecule has 0 aliphatic carbocycles. The van der Waals surface area contributed by atoms with E-state index in [0.29, 0.717) is 13.0 Å². The summed E-state index contributed by atoms with van der Waals surface area (Å²) in [5, 5.41) is 0. The van der Waals surface area contributed by atoms with E-state index in [-0.39, 0.29) is 24.3 Å². The molecule has 0 bridgehead atoms. The average molecular weight is 329 g/mol. The molecule has 130 valence electrons. The van der Waals surface area contributed by atoms with E-state index in [9.17, 15) is 9.59 Å². The van der Waals surface area contributed by atoms with Gasteiger partial charge >= 0.3 is 5.97 Å². The second-order valence-corrected chi connectivity index (χ2v) is 7.56. The quantitative estimate of drug-likeness (QED) is 0.608. The second-order valence-electron chi connectivity index (χ2n) is 7.56. The fraction of sp³-hybridized carbons (Fsp3) is 0.500. The highest BCUT2D eigenvalue weighted by Gasteiger charge is 2.51. The van der Waals surface area contributed by atoms with Crippen LogP contribution in [0.1, 0.15) is 52.1 Å². The number of likely N-dealkylation sites (tertiary alicyclic amines) is 1. The summed E-state index contributed by atoms with van der Waals surface area (Å²) < 4.78 is 5.59. The summed E-state index contributed by atoms with van der Waals surface area (Å²) in [6, 6.07) is 9.78. The Morgan fingerprint density at radius 3 is 2.54 bits per heavy atom. The van der Waals surface area contributed by atoms with Crippen LogP contribution in [-0.2, 0) is 14.3 Å². The van der Waals surface area contributed by atoms with Gasteiger partial charge in [0, 0.05) is 13.0 Å². The highest BCUT2D eigenvalue weighted by molar-refractivity contribution is 5.90. The van der Waals surface area contributed by atoms with Gasteiger partial charge in [-0.15, -0.1) is 6.58 Å². The Labute approximate surface area is 144 Å². The lowest BCUT2D eigenvalue weighted by molar-refractivity contribution is -0.167. The van der Waals surface area contributed by atoms with Crippen molar-refractivity contribution in [2.75, 3.05) is 6.54 Å². The number of carbonyl (C=O) groups is 2. The number of esters is 1. The first-order valence-corrected chi connectivity index (χ1v) is 8.37. The van der Waals surface area contributed by atoms with Crippen molar-refractivity contribution < 1.29 is 14.3 Å². The zero-order chi connectivity index (χ0) is 18.0. The Kier molecular flexibility index (Phi) is 5.16. The Hall–Kier alpha value is -2.10. The van der Waals surface area contributed by atoms with Gasteiger partial charge in [0.1, 0.15) is 5.60 Å². The summed E-state index contributed by atoms with van der Waals surface area (Å²) in [6.45, 7) is 11.6. The van der Waals surface area contributed by atoms with Crippen LogP contribution in [0.5, 0.6) is 0 Å². The fourth-order valence-corrected chi connectivity index (χ4v) is 3.15. The smallest absolute Gasteiger partial charge is 0.315 e. The van der Waals surface area contributed by atoms with Crippen molar-refractivity contribution >= 4 is 11.9 Å². The van der Waals surface area contributed by atoms with Gasteiger partial charge in [-0.3, -0.25) is 9.59 Å². The maximum atomic E-state index is 12.8. The summed E-state index contributed by atoms with van der Waals surface area (Å²) in [5.74, 6) is -0.329. The van der Waals surface area contributed by atoms with Crippen molar-refractivity contribution in [2.45, 2.75) is 52.2 Å². The summed E-state index contributed by atoms with van der Waals surface area (Å²) in [5.41, 5.74) is -0.355. The highest BCUT2D eigenvalue weighted by atomic mass is 16.6. The first-order valence-electron chi connectivity index (χ1n) is 8.37. The molecule has 1 heterocycles. The number of allylic oxidation sites excluding steroid dienone is 1. The topological polar surface area (TPSA) is 46.6 Å². The molecule has 24 heavy (non-hydrogen) atoms. The molecule has 0 radical (unpaired) electrons. The molecule has 0 spiro atoms. The second kappa shape index (κ2) is 6.80. The number of hydrogen-bond donors (Lipinski definition) is 0. The van der Waals surface area contributed by atoms with E-state index in [1.165, 1.54) is 0 Å². The van der Waals surface area contributed by atoms with E-state index in [2.05, 4.69) is 6.58 Å². The predicted molar refractivity (Wildman–Crippen MR) is 94.3 cm³/mol. The van der Waals surface area contributed by atoms with E-state index in [0.717, 1.165) is 5.56 Å². The first kappa shape index (κ1) is 18.2. The van der Waals surface area contributed by atoms with Gasteiger partial charge in [-0.2, -0.15) is 0 Å². The minimum Gasteiger partial charge on any atom is -0.459 e. The van der Waals surface area contributed by atoms with E-state index >= 15 is 0 Å². The van der Waals surface area contributed by atoms with Gasteiger partial charge in [-0.05, 0) is 39.7 Å². The SMILES string of the molecule is C=CC[C@@]1(C(=O)OC(C)(C)C)CC(=O)N([C@H](C)c2ccccc2)C1. The third kappa shape index (κ3) is 3.86. The monoisotopic (exact) mass is 329 g/mol. The van der Waals surface area contributed by atoms with Gasteiger partial charge in [0.05, 0.1) is 11.5 Å². The number of nitrogens with zero attached hydrogens (tertiary/aromatic N) is 1. The molecule has 1 saturated heterocycles. The fourth-order valence-electron chi connectivity index (χ4n) is 3.15. The van der Waals surface area contributed by atoms with E-state index in [1.54, 1.807) is 11.0 Å². The standard InChI is InChI=1S/C20H27NO3/c1-6-12-20(18(23)24-19(3,4)5)13-17(22)21(14-20)15(2)16-10-8-7-9-11-16/h6-11,15H,1,12-14H2,2-5H3/t15-,20-/m1/s1. The van der Waals surface area contributed by atoms with Crippen LogP contribution in [0.3, 0.4) is 0 Å². The number of ether oxygens (including phenoxy) is 1. The van der Waals surface area contributed by atoms with Crippen molar-refractivity contribution in [1.82, 2.24) is 4.90 Å². The Morgan fingerprint density at radius 1 is 1.38 bits per heavy atom. The zero-order valence-electron chi connectivity index (χ0n) is 15.0. The number of hydrogen-bond acceptors (Lipinski definition) is 3. The van der Waals surface area contributed by atoms with Crippen LogP contribution in [0, 0.1) is 5.41 Å². The third-order valence-electron chi connectivity index (χ3n) is 4.40. The summed E-state index contributed by atoms with van der Waals surface area (Å²) in [7, 11) is 0. The van der Waals surface area contributed by atoms with Crippen molar-refractivity contribution in [3.63, 3.8) is 0 Å². The summed E-state index contributed by atoms with van der Waals surface area (Å²) >= 11 is 0. The number of rotatable bonds is 5. The Balaban J connectivity index is 2.25. The van der Waals surface area contributed by atoms with Crippen molar-refractivity contribution in [3.8, 4) is 0 Å². The van der Waals surface area contributed by atoms with Gasteiger partial charge in [-0.1, -0.05) is 36.4 Å². The van der Waals surface area contributed by atoms with Crippen LogP contribution in [-0.4, -0.2) is 28.9 Å². The molecule has 0 N–H and O–H groups in total. The summed E-state index contributed by atoms with van der Waals surface area (Å²) in [6.07, 6.45) is 2.31. The van der Waals surface area contributed by atoms with Crippen LogP contribution in [0.2, 0.25) is 0 Å². The molecule has 1 aromatic carbocycles. The largest absolute Gasteiger partial charge is 0.459 e. The van der Waals surface area contributed by atoms with Gasteiger partial charge < -0.3 is 9.64 Å². The first-order chi connectivity index (χ1) is 11.2. The lowest BCUT2D eigenvalue weighted by Gasteiger charge is -2.31. The molecule has 1 aliphatic rings. The number of amides is 1. The molecule has 1 fully saturated rings. The van der Waals surface area contributed by atoms with E-state index in [4.69, 9.17) is 4.74 Å². The van der Waals surface area contributed by atoms with Crippen molar-refractivity contribution in [1.29, 1.82) is 0 Å². The molecular weight excluding hydrogens is 302 g/mol. The molecule has 2 rings (SSSR count). The molecule has 0 unspecified atom stereocenters. The molecule has 2 atom stereocenters. The maximum absolute atomic E-state index is 12.8. The maximum Gasteiger partial charge on any atom is 0.315 e. The van der Waals surface area contributed by atoms with Crippen molar-refractivity contribution in [2.24, 2.45) is 5.41 Å². The summed E-state index contributed by atoms with van der Waals surface area (Å²) in [4.78, 5) is 27.2. The Bertz CT molecular complexity index is 618.